The molecule has 0 spiro atoms. The van der Waals surface area contributed by atoms with Crippen molar-refractivity contribution >= 4 is 20.4 Å². The molecule has 236 valence electrons. The molecule has 44 heavy (non-hydrogen) atoms. The maximum absolute atomic E-state index is 13.6. The third-order valence-electron chi connectivity index (χ3n) is 8.16. The van der Waals surface area contributed by atoms with Crippen molar-refractivity contribution in [2.24, 2.45) is 0 Å². The largest absolute Gasteiger partial charge is 0.488 e. The molecule has 0 radical (unpaired) electrons. The molecule has 1 aromatic carbocycles. The number of nitrogens with zero attached hydrogens (tertiary/aromatic N) is 3. The summed E-state index contributed by atoms with van der Waals surface area (Å²) < 4.78 is 19.2. The highest BCUT2D eigenvalue weighted by Gasteiger charge is 2.41. The van der Waals surface area contributed by atoms with Crippen LogP contribution in [0.1, 0.15) is 75.7 Å². The fraction of sp³-hybridized carbons (Fsp3) is 0.471. The number of carboxylic acids is 1. The van der Waals surface area contributed by atoms with Gasteiger partial charge in [-0.2, -0.15) is 0 Å². The van der Waals surface area contributed by atoms with Crippen molar-refractivity contribution < 1.29 is 28.6 Å². The van der Waals surface area contributed by atoms with E-state index in [1.54, 1.807) is 29.4 Å². The van der Waals surface area contributed by atoms with Gasteiger partial charge in [-0.15, -0.1) is 0 Å². The second-order valence-electron chi connectivity index (χ2n) is 13.9. The van der Waals surface area contributed by atoms with E-state index in [1.165, 1.54) is 6.20 Å². The molecule has 0 bridgehead atoms. The van der Waals surface area contributed by atoms with Crippen LogP contribution in [0.2, 0.25) is 18.1 Å². The van der Waals surface area contributed by atoms with Gasteiger partial charge in [0, 0.05) is 18.6 Å². The maximum atomic E-state index is 13.6. The van der Waals surface area contributed by atoms with Gasteiger partial charge in [-0.25, -0.2) is 14.6 Å². The fourth-order valence-corrected chi connectivity index (χ4v) is 6.06. The summed E-state index contributed by atoms with van der Waals surface area (Å²) in [5, 5.41) is 9.31. The lowest BCUT2D eigenvalue weighted by Gasteiger charge is -2.41. The summed E-state index contributed by atoms with van der Waals surface area (Å²) >= 11 is 0. The van der Waals surface area contributed by atoms with Gasteiger partial charge in [0.2, 0.25) is 0 Å². The van der Waals surface area contributed by atoms with Gasteiger partial charge in [-0.3, -0.25) is 4.98 Å². The van der Waals surface area contributed by atoms with Crippen LogP contribution >= 0.6 is 0 Å². The van der Waals surface area contributed by atoms with Crippen molar-refractivity contribution in [3.05, 3.63) is 77.9 Å². The minimum Gasteiger partial charge on any atom is -0.488 e. The van der Waals surface area contributed by atoms with E-state index >= 15 is 0 Å². The molecule has 1 amide bonds. The molecule has 0 saturated carbocycles. The van der Waals surface area contributed by atoms with Crippen molar-refractivity contribution in [3.8, 4) is 16.9 Å². The number of fused-ring (bicyclic) bond motifs is 1. The van der Waals surface area contributed by atoms with Gasteiger partial charge in [-0.05, 0) is 104 Å². The summed E-state index contributed by atoms with van der Waals surface area (Å²) in [5.41, 5.74) is 2.96. The van der Waals surface area contributed by atoms with Crippen LogP contribution in [0.5, 0.6) is 5.75 Å². The SMILES string of the molecule is CC(C)(C)OC(=O)N(C[C@H]1CCc2cc(-c3ccnc(C(=O)O)c3)ccc2O1)C[C@@H](O[Si](C)(C)C(C)(C)C)c1cccnc1. The van der Waals surface area contributed by atoms with Gasteiger partial charge in [0.1, 0.15) is 23.1 Å². The Morgan fingerprint density at radius 3 is 2.43 bits per heavy atom. The number of pyridine rings is 2. The van der Waals surface area contributed by atoms with Crippen LogP contribution < -0.4 is 4.74 Å². The molecule has 3 heterocycles. The number of aryl methyl sites for hydroxylation is 1. The number of aromatic nitrogens is 2. The highest BCUT2D eigenvalue weighted by molar-refractivity contribution is 6.74. The Balaban J connectivity index is 1.57. The number of carbonyl (C=O) groups is 2. The first-order chi connectivity index (χ1) is 20.5. The molecular weight excluding hydrogens is 574 g/mol. The number of benzene rings is 1. The number of ether oxygens (including phenoxy) is 2. The summed E-state index contributed by atoms with van der Waals surface area (Å²) in [6, 6.07) is 13.1. The smallest absolute Gasteiger partial charge is 0.410 e. The lowest BCUT2D eigenvalue weighted by atomic mass is 9.97. The molecule has 0 saturated heterocycles. The van der Waals surface area contributed by atoms with Gasteiger partial charge < -0.3 is 23.9 Å². The zero-order valence-corrected chi connectivity index (χ0v) is 28.1. The van der Waals surface area contributed by atoms with Gasteiger partial charge >= 0.3 is 12.1 Å². The first kappa shape index (κ1) is 33.1. The van der Waals surface area contributed by atoms with Gasteiger partial charge in [0.15, 0.2) is 8.32 Å². The second kappa shape index (κ2) is 13.1. The molecule has 0 fully saturated rings. The van der Waals surface area contributed by atoms with E-state index in [2.05, 4.69) is 43.8 Å². The lowest BCUT2D eigenvalue weighted by molar-refractivity contribution is 0.00490. The van der Waals surface area contributed by atoms with E-state index in [9.17, 15) is 14.7 Å². The molecular formula is C34H45N3O6Si. The summed E-state index contributed by atoms with van der Waals surface area (Å²) in [6.07, 6.45) is 5.45. The van der Waals surface area contributed by atoms with Crippen LogP contribution in [0.25, 0.3) is 11.1 Å². The predicted octanol–water partition coefficient (Wildman–Crippen LogP) is 7.54. The minimum absolute atomic E-state index is 0.000825. The molecule has 3 aromatic rings. The lowest BCUT2D eigenvalue weighted by Crippen LogP contribution is -2.48. The maximum Gasteiger partial charge on any atom is 0.410 e. The van der Waals surface area contributed by atoms with Gasteiger partial charge in [-0.1, -0.05) is 32.9 Å². The van der Waals surface area contributed by atoms with Crippen LogP contribution in [0.3, 0.4) is 0 Å². The highest BCUT2D eigenvalue weighted by Crippen LogP contribution is 2.40. The molecule has 1 aliphatic heterocycles. The van der Waals surface area contributed by atoms with E-state index in [4.69, 9.17) is 13.9 Å². The first-order valence-corrected chi connectivity index (χ1v) is 18.0. The normalized spacial score (nSPS) is 16.0. The molecule has 9 nitrogen and oxygen atoms in total. The molecule has 2 aromatic heterocycles. The van der Waals surface area contributed by atoms with E-state index < -0.39 is 26.0 Å². The average molecular weight is 620 g/mol. The van der Waals surface area contributed by atoms with Crippen molar-refractivity contribution in [2.75, 3.05) is 13.1 Å². The van der Waals surface area contributed by atoms with E-state index in [1.807, 2.05) is 51.1 Å². The Morgan fingerprint density at radius 2 is 1.80 bits per heavy atom. The number of hydrogen-bond acceptors (Lipinski definition) is 7. The Hall–Kier alpha value is -3.76. The minimum atomic E-state index is -2.22. The first-order valence-electron chi connectivity index (χ1n) is 15.1. The highest BCUT2D eigenvalue weighted by atomic mass is 28.4. The summed E-state index contributed by atoms with van der Waals surface area (Å²) in [7, 11) is -2.22. The van der Waals surface area contributed by atoms with Crippen molar-refractivity contribution in [3.63, 3.8) is 0 Å². The number of aromatic carboxylic acids is 1. The topological polar surface area (TPSA) is 111 Å². The van der Waals surface area contributed by atoms with Gasteiger partial charge in [0.05, 0.1) is 19.2 Å². The predicted molar refractivity (Wildman–Crippen MR) is 172 cm³/mol. The molecule has 1 N–H and O–H groups in total. The van der Waals surface area contributed by atoms with Crippen molar-refractivity contribution in [2.45, 2.75) is 90.3 Å². The van der Waals surface area contributed by atoms with Crippen molar-refractivity contribution in [1.82, 2.24) is 14.9 Å². The van der Waals surface area contributed by atoms with Gasteiger partial charge in [0.25, 0.3) is 0 Å². The molecule has 1 aliphatic rings. The van der Waals surface area contributed by atoms with E-state index in [-0.39, 0.29) is 22.9 Å². The summed E-state index contributed by atoms with van der Waals surface area (Å²) in [6.45, 7) is 17.2. The standard InChI is InChI=1S/C34H45N3O6Si/c1-33(2,3)42-32(40)37(22-30(26-10-9-16-35-20-26)43-44(7,8)34(4,5)6)21-27-13-11-25-18-23(12-14-29(25)41-27)24-15-17-36-28(19-24)31(38)39/h9-10,12,14-20,27,30H,11,13,21-22H2,1-8H3,(H,38,39)/t27-,30-/m1/s1. The third kappa shape index (κ3) is 8.44. The summed E-state index contributed by atoms with van der Waals surface area (Å²) in [4.78, 5) is 35.0. The van der Waals surface area contributed by atoms with E-state index in [0.717, 1.165) is 34.4 Å². The number of hydrogen-bond donors (Lipinski definition) is 1. The van der Waals surface area contributed by atoms with Crippen LogP contribution in [0, 0.1) is 0 Å². The second-order valence-corrected chi connectivity index (χ2v) is 18.6. The number of amides is 1. The van der Waals surface area contributed by atoms with E-state index in [0.29, 0.717) is 19.5 Å². The number of rotatable bonds is 9. The zero-order valence-electron chi connectivity index (χ0n) is 27.1. The molecule has 0 aliphatic carbocycles. The monoisotopic (exact) mass is 619 g/mol. The fourth-order valence-electron chi connectivity index (χ4n) is 4.79. The average Bonchev–Trinajstić information content (AvgIpc) is 2.95. The van der Waals surface area contributed by atoms with Crippen LogP contribution in [-0.2, 0) is 15.6 Å². The quantitative estimate of drug-likeness (QED) is 0.245. The van der Waals surface area contributed by atoms with Crippen molar-refractivity contribution in [1.29, 1.82) is 0 Å². The Labute approximate surface area is 261 Å². The number of carbonyl (C=O) groups excluding carboxylic acids is 1. The molecule has 0 unspecified atom stereocenters. The Bertz CT molecular complexity index is 1470. The molecule has 2 atom stereocenters. The van der Waals surface area contributed by atoms with Crippen LogP contribution in [-0.4, -0.2) is 65.1 Å². The molecule has 10 heteroatoms. The zero-order chi connectivity index (χ0) is 32.3. The third-order valence-corrected chi connectivity index (χ3v) is 12.6. The van der Waals surface area contributed by atoms with Crippen LogP contribution in [0.4, 0.5) is 4.79 Å². The van der Waals surface area contributed by atoms with Crippen LogP contribution in [0.15, 0.2) is 61.1 Å². The number of carboxylic acid groups (broad SMARTS) is 1. The Kier molecular flexibility index (Phi) is 9.85. The summed E-state index contributed by atoms with van der Waals surface area (Å²) in [5.74, 6) is -0.311. The Morgan fingerprint density at radius 1 is 1.07 bits per heavy atom. The molecule has 4 rings (SSSR count).